The quantitative estimate of drug-likeness (QED) is 0.597. The summed E-state index contributed by atoms with van der Waals surface area (Å²) in [4.78, 5) is 12.3. The molecule has 0 N–H and O–H groups in total. The number of ether oxygens (including phenoxy) is 1. The van der Waals surface area contributed by atoms with Crippen molar-refractivity contribution in [2.75, 3.05) is 7.11 Å². The first-order valence-electron chi connectivity index (χ1n) is 5.25. The molecule has 2 aromatic rings. The Morgan fingerprint density at radius 1 is 1.22 bits per heavy atom. The molecule has 92 valence electrons. The average Bonchev–Trinajstić information content (AvgIpc) is 2.37. The van der Waals surface area contributed by atoms with Crippen LogP contribution in [-0.4, -0.2) is 12.9 Å². The molecule has 0 saturated heterocycles. The van der Waals surface area contributed by atoms with Gasteiger partial charge in [-0.15, -0.1) is 0 Å². The van der Waals surface area contributed by atoms with Crippen molar-refractivity contribution in [2.45, 2.75) is 0 Å². The van der Waals surface area contributed by atoms with Gasteiger partial charge in [-0.05, 0) is 52.9 Å². The van der Waals surface area contributed by atoms with E-state index in [2.05, 4.69) is 22.6 Å². The fourth-order valence-corrected chi connectivity index (χ4v) is 2.39. The highest BCUT2D eigenvalue weighted by atomic mass is 127. The average molecular weight is 373 g/mol. The SMILES string of the molecule is COc1ccc(C(=O)c2cccc(I)c2)c(Cl)c1. The lowest BCUT2D eigenvalue weighted by molar-refractivity contribution is 0.103. The molecule has 0 aliphatic heterocycles. The number of methoxy groups -OCH3 is 1. The van der Waals surface area contributed by atoms with Crippen LogP contribution in [0.1, 0.15) is 15.9 Å². The lowest BCUT2D eigenvalue weighted by Crippen LogP contribution is -2.02. The van der Waals surface area contributed by atoms with E-state index in [0.717, 1.165) is 3.57 Å². The topological polar surface area (TPSA) is 26.3 Å². The Morgan fingerprint density at radius 3 is 2.61 bits per heavy atom. The summed E-state index contributed by atoms with van der Waals surface area (Å²) in [7, 11) is 1.56. The molecule has 0 aliphatic carbocycles. The molecule has 0 spiro atoms. The fourth-order valence-electron chi connectivity index (χ4n) is 1.59. The molecule has 0 aromatic heterocycles. The standard InChI is InChI=1S/C14H10ClIO2/c1-18-11-5-6-12(13(15)8-11)14(17)9-3-2-4-10(16)7-9/h2-8H,1H3. The van der Waals surface area contributed by atoms with Crippen molar-refractivity contribution in [3.05, 3.63) is 62.2 Å². The summed E-state index contributed by atoms with van der Waals surface area (Å²) in [6.45, 7) is 0. The highest BCUT2D eigenvalue weighted by molar-refractivity contribution is 14.1. The summed E-state index contributed by atoms with van der Waals surface area (Å²) < 4.78 is 6.07. The van der Waals surface area contributed by atoms with Crippen molar-refractivity contribution in [2.24, 2.45) is 0 Å². The zero-order valence-electron chi connectivity index (χ0n) is 9.61. The Kier molecular flexibility index (Phi) is 4.24. The van der Waals surface area contributed by atoms with E-state index < -0.39 is 0 Å². The number of halogens is 2. The molecular formula is C14H10ClIO2. The first kappa shape index (κ1) is 13.4. The van der Waals surface area contributed by atoms with Gasteiger partial charge in [-0.3, -0.25) is 4.79 Å². The maximum Gasteiger partial charge on any atom is 0.194 e. The van der Waals surface area contributed by atoms with Gasteiger partial charge in [-0.2, -0.15) is 0 Å². The third kappa shape index (κ3) is 2.84. The van der Waals surface area contributed by atoms with E-state index >= 15 is 0 Å². The number of carbonyl (C=O) groups excluding carboxylic acids is 1. The summed E-state index contributed by atoms with van der Waals surface area (Å²) in [5.74, 6) is 0.556. The third-order valence-electron chi connectivity index (χ3n) is 2.51. The largest absolute Gasteiger partial charge is 0.497 e. The van der Waals surface area contributed by atoms with Crippen molar-refractivity contribution >= 4 is 40.0 Å². The van der Waals surface area contributed by atoms with Crippen LogP contribution < -0.4 is 4.74 Å². The smallest absolute Gasteiger partial charge is 0.194 e. The van der Waals surface area contributed by atoms with E-state index in [1.54, 1.807) is 31.4 Å². The first-order chi connectivity index (χ1) is 8.61. The van der Waals surface area contributed by atoms with Crippen LogP contribution in [0.4, 0.5) is 0 Å². The second-order valence-corrected chi connectivity index (χ2v) is 5.34. The Bertz CT molecular complexity index is 596. The zero-order chi connectivity index (χ0) is 13.1. The number of hydrogen-bond acceptors (Lipinski definition) is 2. The van der Waals surface area contributed by atoms with Gasteiger partial charge in [0, 0.05) is 14.7 Å². The minimum Gasteiger partial charge on any atom is -0.497 e. The highest BCUT2D eigenvalue weighted by Crippen LogP contribution is 2.25. The first-order valence-corrected chi connectivity index (χ1v) is 6.71. The number of carbonyl (C=O) groups is 1. The Labute approximate surface area is 124 Å². The van der Waals surface area contributed by atoms with Gasteiger partial charge in [-0.1, -0.05) is 23.7 Å². The second-order valence-electron chi connectivity index (χ2n) is 3.69. The van der Waals surface area contributed by atoms with Crippen LogP contribution in [-0.2, 0) is 0 Å². The molecule has 4 heteroatoms. The number of benzene rings is 2. The summed E-state index contributed by atoms with van der Waals surface area (Å²) in [5, 5.41) is 0.401. The monoisotopic (exact) mass is 372 g/mol. The van der Waals surface area contributed by atoms with E-state index in [0.29, 0.717) is 21.9 Å². The molecule has 2 nitrogen and oxygen atoms in total. The summed E-state index contributed by atoms with van der Waals surface area (Å²) >= 11 is 8.26. The van der Waals surface area contributed by atoms with Crippen molar-refractivity contribution in [1.82, 2.24) is 0 Å². The maximum atomic E-state index is 12.3. The lowest BCUT2D eigenvalue weighted by Gasteiger charge is -2.06. The molecule has 0 heterocycles. The van der Waals surface area contributed by atoms with Gasteiger partial charge in [0.2, 0.25) is 0 Å². The normalized spacial score (nSPS) is 10.2. The molecule has 0 amide bonds. The van der Waals surface area contributed by atoms with Gasteiger partial charge in [0.05, 0.1) is 12.1 Å². The second kappa shape index (κ2) is 5.71. The molecule has 0 fully saturated rings. The molecule has 0 aliphatic rings. The van der Waals surface area contributed by atoms with Crippen molar-refractivity contribution in [1.29, 1.82) is 0 Å². The van der Waals surface area contributed by atoms with E-state index in [1.807, 2.05) is 18.2 Å². The van der Waals surface area contributed by atoms with Crippen molar-refractivity contribution < 1.29 is 9.53 Å². The van der Waals surface area contributed by atoms with Gasteiger partial charge in [0.15, 0.2) is 5.78 Å². The molecule has 0 atom stereocenters. The van der Waals surface area contributed by atoms with Crippen LogP contribution in [0.25, 0.3) is 0 Å². The van der Waals surface area contributed by atoms with Gasteiger partial charge in [0.1, 0.15) is 5.75 Å². The molecular weight excluding hydrogens is 363 g/mol. The Balaban J connectivity index is 2.40. The number of rotatable bonds is 3. The van der Waals surface area contributed by atoms with E-state index in [1.165, 1.54) is 0 Å². The van der Waals surface area contributed by atoms with Gasteiger partial charge < -0.3 is 4.74 Å². The van der Waals surface area contributed by atoms with Crippen LogP contribution in [0.15, 0.2) is 42.5 Å². The van der Waals surface area contributed by atoms with E-state index in [4.69, 9.17) is 16.3 Å². The highest BCUT2D eigenvalue weighted by Gasteiger charge is 2.13. The molecule has 0 radical (unpaired) electrons. The van der Waals surface area contributed by atoms with Crippen molar-refractivity contribution in [3.63, 3.8) is 0 Å². The van der Waals surface area contributed by atoms with Crippen LogP contribution >= 0.6 is 34.2 Å². The molecule has 2 aromatic carbocycles. The molecule has 0 unspecified atom stereocenters. The van der Waals surface area contributed by atoms with Crippen LogP contribution in [0, 0.1) is 3.57 Å². The molecule has 0 saturated carbocycles. The van der Waals surface area contributed by atoms with E-state index in [9.17, 15) is 4.79 Å². The molecule has 0 bridgehead atoms. The van der Waals surface area contributed by atoms with Crippen LogP contribution in [0.5, 0.6) is 5.75 Å². The summed E-state index contributed by atoms with van der Waals surface area (Å²) in [6.07, 6.45) is 0. The van der Waals surface area contributed by atoms with Crippen LogP contribution in [0.3, 0.4) is 0 Å². The Hall–Kier alpha value is -1.07. The fraction of sp³-hybridized carbons (Fsp3) is 0.0714. The number of ketones is 1. The molecule has 2 rings (SSSR count). The van der Waals surface area contributed by atoms with Gasteiger partial charge in [-0.25, -0.2) is 0 Å². The van der Waals surface area contributed by atoms with Gasteiger partial charge >= 0.3 is 0 Å². The summed E-state index contributed by atoms with van der Waals surface area (Å²) in [5.41, 5.74) is 1.12. The van der Waals surface area contributed by atoms with Crippen molar-refractivity contribution in [3.8, 4) is 5.75 Å². The number of hydrogen-bond donors (Lipinski definition) is 0. The van der Waals surface area contributed by atoms with Gasteiger partial charge in [0.25, 0.3) is 0 Å². The predicted octanol–water partition coefficient (Wildman–Crippen LogP) is 4.18. The third-order valence-corrected chi connectivity index (χ3v) is 3.49. The van der Waals surface area contributed by atoms with E-state index in [-0.39, 0.29) is 5.78 Å². The minimum absolute atomic E-state index is 0.0823. The summed E-state index contributed by atoms with van der Waals surface area (Å²) in [6, 6.07) is 12.5. The minimum atomic E-state index is -0.0823. The predicted molar refractivity (Wildman–Crippen MR) is 80.6 cm³/mol. The Morgan fingerprint density at radius 2 is 2.00 bits per heavy atom. The lowest BCUT2D eigenvalue weighted by atomic mass is 10.0. The maximum absolute atomic E-state index is 12.3. The van der Waals surface area contributed by atoms with Crippen LogP contribution in [0.2, 0.25) is 5.02 Å². The molecule has 18 heavy (non-hydrogen) atoms. The zero-order valence-corrected chi connectivity index (χ0v) is 12.5.